The van der Waals surface area contributed by atoms with Crippen LogP contribution in [0.25, 0.3) is 10.9 Å². The first-order valence-electron chi connectivity index (χ1n) is 8.93. The van der Waals surface area contributed by atoms with E-state index in [1.165, 1.54) is 22.9 Å². The third kappa shape index (κ3) is 4.23. The standard InChI is InChI=1S/C19H23N3O5/c1-27-11-18(25)22-8-4-7-17(24)16(22)9-13(23)10-21-12-20-15-6-3-2-5-14(15)19(21)26/h2-3,5-6,12,16-17,24H,4,7-11H2,1H3/t16-,17+/m1/s1. The van der Waals surface area contributed by atoms with Gasteiger partial charge in [0, 0.05) is 20.1 Å². The number of aliphatic hydroxyl groups excluding tert-OH is 1. The van der Waals surface area contributed by atoms with E-state index < -0.39 is 12.1 Å². The number of ketones is 1. The third-order valence-electron chi connectivity index (χ3n) is 4.85. The van der Waals surface area contributed by atoms with E-state index in [-0.39, 0.29) is 36.8 Å². The Bertz CT molecular complexity index is 894. The van der Waals surface area contributed by atoms with Gasteiger partial charge >= 0.3 is 0 Å². The Labute approximate surface area is 156 Å². The van der Waals surface area contributed by atoms with E-state index in [2.05, 4.69) is 4.98 Å². The average Bonchev–Trinajstić information content (AvgIpc) is 2.66. The fraction of sp³-hybridized carbons (Fsp3) is 0.474. The maximum absolute atomic E-state index is 12.6. The zero-order valence-electron chi connectivity index (χ0n) is 15.2. The van der Waals surface area contributed by atoms with Gasteiger partial charge in [-0.3, -0.25) is 19.0 Å². The second-order valence-electron chi connectivity index (χ2n) is 6.73. The first-order valence-corrected chi connectivity index (χ1v) is 8.93. The van der Waals surface area contributed by atoms with Crippen molar-refractivity contribution in [2.75, 3.05) is 20.3 Å². The molecule has 1 saturated heterocycles. The molecule has 2 atom stereocenters. The highest BCUT2D eigenvalue weighted by atomic mass is 16.5. The van der Waals surface area contributed by atoms with Crippen LogP contribution in [-0.4, -0.2) is 63.7 Å². The van der Waals surface area contributed by atoms with Gasteiger partial charge in [-0.15, -0.1) is 0 Å². The highest BCUT2D eigenvalue weighted by Crippen LogP contribution is 2.21. The molecular weight excluding hydrogens is 350 g/mol. The number of ether oxygens (including phenoxy) is 1. The van der Waals surface area contributed by atoms with Gasteiger partial charge in [-0.1, -0.05) is 12.1 Å². The molecule has 1 amide bonds. The molecule has 27 heavy (non-hydrogen) atoms. The molecule has 0 radical (unpaired) electrons. The molecule has 1 aliphatic rings. The zero-order chi connectivity index (χ0) is 19.4. The van der Waals surface area contributed by atoms with Crippen LogP contribution >= 0.6 is 0 Å². The molecule has 2 heterocycles. The Morgan fingerprint density at radius 3 is 2.89 bits per heavy atom. The first-order chi connectivity index (χ1) is 13.0. The number of methoxy groups -OCH3 is 1. The number of carbonyl (C=O) groups excluding carboxylic acids is 2. The Morgan fingerprint density at radius 2 is 2.11 bits per heavy atom. The number of hydrogen-bond acceptors (Lipinski definition) is 6. The molecule has 0 saturated carbocycles. The minimum atomic E-state index is -0.769. The van der Waals surface area contributed by atoms with Crippen LogP contribution in [0.3, 0.4) is 0 Å². The molecule has 0 unspecified atom stereocenters. The SMILES string of the molecule is COCC(=O)N1CCC[C@H](O)[C@H]1CC(=O)Cn1cnc2ccccc2c1=O. The van der Waals surface area contributed by atoms with Crippen LogP contribution in [0.4, 0.5) is 0 Å². The predicted molar refractivity (Wildman–Crippen MR) is 98.2 cm³/mol. The monoisotopic (exact) mass is 373 g/mol. The van der Waals surface area contributed by atoms with E-state index in [0.29, 0.717) is 30.3 Å². The van der Waals surface area contributed by atoms with E-state index >= 15 is 0 Å². The summed E-state index contributed by atoms with van der Waals surface area (Å²) in [6.07, 6.45) is 1.78. The molecule has 1 aromatic carbocycles. The Morgan fingerprint density at radius 1 is 1.33 bits per heavy atom. The van der Waals surface area contributed by atoms with Crippen LogP contribution < -0.4 is 5.56 Å². The molecule has 1 aliphatic heterocycles. The van der Waals surface area contributed by atoms with Crippen molar-refractivity contribution in [3.05, 3.63) is 40.9 Å². The number of para-hydroxylation sites is 1. The van der Waals surface area contributed by atoms with E-state index in [4.69, 9.17) is 4.74 Å². The van der Waals surface area contributed by atoms with Crippen molar-refractivity contribution in [1.29, 1.82) is 0 Å². The van der Waals surface area contributed by atoms with Crippen molar-refractivity contribution in [2.24, 2.45) is 0 Å². The normalized spacial score (nSPS) is 20.0. The quantitative estimate of drug-likeness (QED) is 0.784. The summed E-state index contributed by atoms with van der Waals surface area (Å²) >= 11 is 0. The summed E-state index contributed by atoms with van der Waals surface area (Å²) in [5.41, 5.74) is 0.288. The van der Waals surface area contributed by atoms with Crippen molar-refractivity contribution in [3.8, 4) is 0 Å². The predicted octanol–water partition coefficient (Wildman–Crippen LogP) is 0.354. The maximum atomic E-state index is 12.6. The lowest BCUT2D eigenvalue weighted by molar-refractivity contribution is -0.144. The lowest BCUT2D eigenvalue weighted by atomic mass is 9.94. The van der Waals surface area contributed by atoms with Crippen LogP contribution in [0.5, 0.6) is 0 Å². The van der Waals surface area contributed by atoms with Gasteiger partial charge in [0.15, 0.2) is 5.78 Å². The molecule has 0 spiro atoms. The number of amides is 1. The van der Waals surface area contributed by atoms with Crippen LogP contribution in [0.1, 0.15) is 19.3 Å². The van der Waals surface area contributed by atoms with Gasteiger partial charge in [-0.2, -0.15) is 0 Å². The Balaban J connectivity index is 1.75. The number of piperidine rings is 1. The largest absolute Gasteiger partial charge is 0.391 e. The van der Waals surface area contributed by atoms with Gasteiger partial charge in [-0.05, 0) is 25.0 Å². The van der Waals surface area contributed by atoms with Crippen LogP contribution in [0.2, 0.25) is 0 Å². The summed E-state index contributed by atoms with van der Waals surface area (Å²) in [7, 11) is 1.43. The van der Waals surface area contributed by atoms with E-state index in [9.17, 15) is 19.5 Å². The number of aromatic nitrogens is 2. The van der Waals surface area contributed by atoms with Gasteiger partial charge in [0.05, 0.1) is 35.9 Å². The molecule has 0 bridgehead atoms. The molecule has 1 N–H and O–H groups in total. The average molecular weight is 373 g/mol. The highest BCUT2D eigenvalue weighted by Gasteiger charge is 2.34. The number of benzene rings is 1. The fourth-order valence-corrected chi connectivity index (χ4v) is 3.51. The van der Waals surface area contributed by atoms with Gasteiger partial charge in [0.2, 0.25) is 5.91 Å². The summed E-state index contributed by atoms with van der Waals surface area (Å²) < 4.78 is 6.15. The summed E-state index contributed by atoms with van der Waals surface area (Å²) in [4.78, 5) is 43.0. The fourth-order valence-electron chi connectivity index (χ4n) is 3.51. The van der Waals surface area contributed by atoms with Gasteiger partial charge in [0.1, 0.15) is 6.61 Å². The maximum Gasteiger partial charge on any atom is 0.261 e. The topological polar surface area (TPSA) is 102 Å². The van der Waals surface area contributed by atoms with Crippen molar-refractivity contribution in [3.63, 3.8) is 0 Å². The van der Waals surface area contributed by atoms with E-state index in [1.807, 2.05) is 0 Å². The Kier molecular flexibility index (Phi) is 5.98. The molecule has 0 aliphatic carbocycles. The van der Waals surface area contributed by atoms with Crippen LogP contribution in [0.15, 0.2) is 35.4 Å². The zero-order valence-corrected chi connectivity index (χ0v) is 15.2. The molecule has 1 aromatic heterocycles. The van der Waals surface area contributed by atoms with Gasteiger partial charge in [-0.25, -0.2) is 4.98 Å². The second kappa shape index (κ2) is 8.41. The molecule has 8 heteroatoms. The van der Waals surface area contributed by atoms with Crippen molar-refractivity contribution >= 4 is 22.6 Å². The number of carbonyl (C=O) groups is 2. The summed E-state index contributed by atoms with van der Waals surface area (Å²) in [5, 5.41) is 10.7. The first kappa shape index (κ1) is 19.2. The molecule has 8 nitrogen and oxygen atoms in total. The number of fused-ring (bicyclic) bond motifs is 1. The smallest absolute Gasteiger partial charge is 0.261 e. The minimum Gasteiger partial charge on any atom is -0.391 e. The van der Waals surface area contributed by atoms with Crippen LogP contribution in [0, 0.1) is 0 Å². The minimum absolute atomic E-state index is 0.0180. The molecule has 2 aromatic rings. The van der Waals surface area contributed by atoms with Crippen molar-refractivity contribution < 1.29 is 19.4 Å². The lowest BCUT2D eigenvalue weighted by Crippen LogP contribution is -2.53. The third-order valence-corrected chi connectivity index (χ3v) is 4.85. The van der Waals surface area contributed by atoms with Gasteiger partial charge < -0.3 is 14.7 Å². The van der Waals surface area contributed by atoms with E-state index in [0.717, 1.165) is 0 Å². The number of Topliss-reactive ketones (excluding diaryl/α,β-unsaturated/α-hetero) is 1. The summed E-state index contributed by atoms with van der Waals surface area (Å²) in [6, 6.07) is 6.34. The van der Waals surface area contributed by atoms with E-state index in [1.54, 1.807) is 24.3 Å². The highest BCUT2D eigenvalue weighted by molar-refractivity contribution is 5.82. The molecule has 144 valence electrons. The van der Waals surface area contributed by atoms with Crippen molar-refractivity contribution in [1.82, 2.24) is 14.5 Å². The number of hydrogen-bond donors (Lipinski definition) is 1. The number of aliphatic hydroxyl groups is 1. The Hall–Kier alpha value is -2.58. The second-order valence-corrected chi connectivity index (χ2v) is 6.73. The summed E-state index contributed by atoms with van der Waals surface area (Å²) in [6.45, 7) is 0.242. The molecule has 3 rings (SSSR count). The number of rotatable bonds is 6. The molecule has 1 fully saturated rings. The van der Waals surface area contributed by atoms with Crippen molar-refractivity contribution in [2.45, 2.75) is 38.0 Å². The summed E-state index contributed by atoms with van der Waals surface area (Å²) in [5.74, 6) is -0.492. The molecular formula is C19H23N3O5. The van der Waals surface area contributed by atoms with Crippen LogP contribution in [-0.2, 0) is 20.9 Å². The number of nitrogens with zero attached hydrogens (tertiary/aromatic N) is 3. The number of likely N-dealkylation sites (tertiary alicyclic amines) is 1. The lowest BCUT2D eigenvalue weighted by Gasteiger charge is -2.38. The van der Waals surface area contributed by atoms with Gasteiger partial charge in [0.25, 0.3) is 5.56 Å².